The molecule has 2 rings (SSSR count). The number of nitrogens with zero attached hydrogens (tertiary/aromatic N) is 1. The Morgan fingerprint density at radius 1 is 1.47 bits per heavy atom. The quantitative estimate of drug-likeness (QED) is 0.852. The van der Waals surface area contributed by atoms with Crippen molar-refractivity contribution in [1.82, 2.24) is 4.98 Å². The molecule has 1 aromatic heterocycles. The number of aromatic nitrogens is 1. The minimum atomic E-state index is -3.39. The number of nitrogens with one attached hydrogen (secondary N) is 1. The van der Waals surface area contributed by atoms with E-state index >= 15 is 0 Å². The molecule has 6 nitrogen and oxygen atoms in total. The Bertz CT molecular complexity index is 511. The van der Waals surface area contributed by atoms with Crippen molar-refractivity contribution < 1.29 is 17.9 Å². The average Bonchev–Trinajstić information content (AvgIpc) is 2.99. The molecule has 94 valence electrons. The zero-order valence-electron chi connectivity index (χ0n) is 9.63. The van der Waals surface area contributed by atoms with Gasteiger partial charge >= 0.3 is 0 Å². The monoisotopic (exact) mass is 258 g/mol. The predicted molar refractivity (Wildman–Crippen MR) is 62.9 cm³/mol. The minimum absolute atomic E-state index is 0.146. The lowest BCUT2D eigenvalue weighted by atomic mass is 10.4. The first-order chi connectivity index (χ1) is 7.99. The Hall–Kier alpha value is -1.50. The highest BCUT2D eigenvalue weighted by Crippen LogP contribution is 2.37. The largest absolute Gasteiger partial charge is 0.490 e. The van der Waals surface area contributed by atoms with Gasteiger partial charge in [-0.25, -0.2) is 13.4 Å². The molecule has 0 bridgehead atoms. The van der Waals surface area contributed by atoms with Gasteiger partial charge in [-0.3, -0.25) is 4.72 Å². The Balaban J connectivity index is 2.30. The van der Waals surface area contributed by atoms with E-state index in [-0.39, 0.29) is 11.9 Å². The summed E-state index contributed by atoms with van der Waals surface area (Å²) in [5, 5.41) is 0. The smallest absolute Gasteiger partial charge is 0.231 e. The van der Waals surface area contributed by atoms with Gasteiger partial charge in [0.1, 0.15) is 0 Å². The van der Waals surface area contributed by atoms with Crippen molar-refractivity contribution in [3.05, 3.63) is 12.3 Å². The third kappa shape index (κ3) is 3.23. The van der Waals surface area contributed by atoms with Crippen molar-refractivity contribution in [3.8, 4) is 11.5 Å². The summed E-state index contributed by atoms with van der Waals surface area (Å²) in [5.74, 6) is 0.967. The van der Waals surface area contributed by atoms with Crippen molar-refractivity contribution >= 4 is 15.8 Å². The molecule has 1 saturated carbocycles. The standard InChI is InChI=1S/C10H14N2O4S/c1-15-9-8(16-7-3-4-7)5-6-11-10(9)12-17(2,13)14/h5-7H,3-4H2,1-2H3,(H,11,12). The highest BCUT2D eigenvalue weighted by Gasteiger charge is 2.26. The second-order valence-corrected chi connectivity index (χ2v) is 5.63. The highest BCUT2D eigenvalue weighted by atomic mass is 32.2. The normalized spacial score (nSPS) is 15.4. The predicted octanol–water partition coefficient (Wildman–Crippen LogP) is 1.00. The molecule has 1 heterocycles. The molecule has 0 radical (unpaired) electrons. The van der Waals surface area contributed by atoms with E-state index in [1.165, 1.54) is 13.3 Å². The van der Waals surface area contributed by atoms with Gasteiger partial charge in [-0.05, 0) is 12.8 Å². The van der Waals surface area contributed by atoms with Gasteiger partial charge in [0.05, 0.1) is 19.5 Å². The molecule has 1 aliphatic carbocycles. The number of hydrogen-bond acceptors (Lipinski definition) is 5. The molecule has 1 N–H and O–H groups in total. The van der Waals surface area contributed by atoms with Crippen molar-refractivity contribution in [2.75, 3.05) is 18.1 Å². The lowest BCUT2D eigenvalue weighted by Crippen LogP contribution is -2.12. The maximum atomic E-state index is 11.2. The van der Waals surface area contributed by atoms with E-state index in [9.17, 15) is 8.42 Å². The first kappa shape index (κ1) is 12.0. The van der Waals surface area contributed by atoms with E-state index in [1.54, 1.807) is 6.07 Å². The average molecular weight is 258 g/mol. The van der Waals surface area contributed by atoms with Gasteiger partial charge in [-0.2, -0.15) is 0 Å². The lowest BCUT2D eigenvalue weighted by molar-refractivity contribution is 0.282. The molecule has 17 heavy (non-hydrogen) atoms. The molecule has 0 aliphatic heterocycles. The first-order valence-electron chi connectivity index (χ1n) is 5.17. The number of methoxy groups -OCH3 is 1. The molecule has 0 amide bonds. The van der Waals surface area contributed by atoms with Gasteiger partial charge in [0.15, 0.2) is 11.6 Å². The molecule has 0 aromatic carbocycles. The molecule has 1 fully saturated rings. The molecular weight excluding hydrogens is 244 g/mol. The van der Waals surface area contributed by atoms with E-state index < -0.39 is 10.0 Å². The van der Waals surface area contributed by atoms with E-state index in [4.69, 9.17) is 9.47 Å². The fraction of sp³-hybridized carbons (Fsp3) is 0.500. The fourth-order valence-electron chi connectivity index (χ4n) is 1.33. The van der Waals surface area contributed by atoms with Crippen molar-refractivity contribution in [2.24, 2.45) is 0 Å². The van der Waals surface area contributed by atoms with E-state index in [0.29, 0.717) is 11.5 Å². The lowest BCUT2D eigenvalue weighted by Gasteiger charge is -2.13. The summed E-state index contributed by atoms with van der Waals surface area (Å²) in [6.07, 6.45) is 4.77. The van der Waals surface area contributed by atoms with Crippen LogP contribution in [-0.4, -0.2) is 32.9 Å². The number of sulfonamides is 1. The number of rotatable bonds is 5. The molecule has 0 unspecified atom stereocenters. The highest BCUT2D eigenvalue weighted by molar-refractivity contribution is 7.92. The van der Waals surface area contributed by atoms with Gasteiger partial charge in [-0.1, -0.05) is 0 Å². The molecule has 0 saturated heterocycles. The van der Waals surface area contributed by atoms with Crippen LogP contribution in [0.1, 0.15) is 12.8 Å². The second kappa shape index (κ2) is 4.40. The Labute approximate surface area is 100 Å². The molecule has 7 heteroatoms. The Morgan fingerprint density at radius 3 is 2.71 bits per heavy atom. The van der Waals surface area contributed by atoms with Gasteiger partial charge in [0, 0.05) is 12.3 Å². The number of pyridine rings is 1. The molecule has 1 aliphatic rings. The van der Waals surface area contributed by atoms with E-state index in [2.05, 4.69) is 9.71 Å². The zero-order valence-corrected chi connectivity index (χ0v) is 10.5. The first-order valence-corrected chi connectivity index (χ1v) is 7.06. The van der Waals surface area contributed by atoms with Gasteiger partial charge in [-0.15, -0.1) is 0 Å². The number of anilines is 1. The number of hydrogen-bond donors (Lipinski definition) is 1. The summed E-state index contributed by atoms with van der Waals surface area (Å²) >= 11 is 0. The zero-order chi connectivity index (χ0) is 12.5. The van der Waals surface area contributed by atoms with Crippen LogP contribution in [0.25, 0.3) is 0 Å². The van der Waals surface area contributed by atoms with Crippen LogP contribution in [-0.2, 0) is 10.0 Å². The van der Waals surface area contributed by atoms with Crippen LogP contribution in [0.5, 0.6) is 11.5 Å². The fourth-order valence-corrected chi connectivity index (χ4v) is 1.83. The molecule has 1 aromatic rings. The topological polar surface area (TPSA) is 77.5 Å². The summed E-state index contributed by atoms with van der Waals surface area (Å²) < 4.78 is 35.4. The second-order valence-electron chi connectivity index (χ2n) is 3.88. The summed E-state index contributed by atoms with van der Waals surface area (Å²) in [4.78, 5) is 3.93. The third-order valence-corrected chi connectivity index (χ3v) is 2.74. The van der Waals surface area contributed by atoms with Crippen molar-refractivity contribution in [3.63, 3.8) is 0 Å². The van der Waals surface area contributed by atoms with Crippen LogP contribution in [0.3, 0.4) is 0 Å². The molecule has 0 spiro atoms. The Morgan fingerprint density at radius 2 is 2.18 bits per heavy atom. The van der Waals surface area contributed by atoms with E-state index in [1.807, 2.05) is 0 Å². The van der Waals surface area contributed by atoms with Crippen molar-refractivity contribution in [1.29, 1.82) is 0 Å². The summed E-state index contributed by atoms with van der Waals surface area (Å²) in [5.41, 5.74) is 0. The van der Waals surface area contributed by atoms with Crippen LogP contribution in [0.4, 0.5) is 5.82 Å². The maximum Gasteiger partial charge on any atom is 0.231 e. The molecule has 0 atom stereocenters. The van der Waals surface area contributed by atoms with Crippen LogP contribution in [0.15, 0.2) is 12.3 Å². The van der Waals surface area contributed by atoms with Crippen LogP contribution in [0, 0.1) is 0 Å². The molecular formula is C10H14N2O4S. The summed E-state index contributed by atoms with van der Waals surface area (Å²) in [6.45, 7) is 0. The van der Waals surface area contributed by atoms with Crippen molar-refractivity contribution in [2.45, 2.75) is 18.9 Å². The van der Waals surface area contributed by atoms with Crippen LogP contribution >= 0.6 is 0 Å². The van der Waals surface area contributed by atoms with Crippen LogP contribution in [0.2, 0.25) is 0 Å². The third-order valence-electron chi connectivity index (χ3n) is 2.17. The van der Waals surface area contributed by atoms with Gasteiger partial charge in [0.25, 0.3) is 0 Å². The summed E-state index contributed by atoms with van der Waals surface area (Å²) in [6, 6.07) is 1.66. The van der Waals surface area contributed by atoms with E-state index in [0.717, 1.165) is 19.1 Å². The summed E-state index contributed by atoms with van der Waals surface area (Å²) in [7, 11) is -1.94. The Kier molecular flexibility index (Phi) is 3.10. The van der Waals surface area contributed by atoms with Crippen LogP contribution < -0.4 is 14.2 Å². The maximum absolute atomic E-state index is 11.2. The number of ether oxygens (including phenoxy) is 2. The minimum Gasteiger partial charge on any atom is -0.490 e. The SMILES string of the molecule is COc1c(OC2CC2)ccnc1NS(C)(=O)=O. The van der Waals surface area contributed by atoms with Gasteiger partial charge in [0.2, 0.25) is 15.8 Å². The van der Waals surface area contributed by atoms with Gasteiger partial charge < -0.3 is 9.47 Å².